The van der Waals surface area contributed by atoms with E-state index in [-0.39, 0.29) is 13.2 Å². The van der Waals surface area contributed by atoms with Crippen LogP contribution in [-0.2, 0) is 4.74 Å². The van der Waals surface area contributed by atoms with Gasteiger partial charge in [0.15, 0.2) is 0 Å². The fraction of sp³-hybridized carbons (Fsp3) is 0.130. The Morgan fingerprint density at radius 3 is 2.50 bits per heavy atom. The van der Waals surface area contributed by atoms with E-state index in [9.17, 15) is 10.1 Å². The molecule has 0 saturated heterocycles. The number of nitriles is 1. The number of carbonyl (C=O) groups excluding carboxylic acids is 1. The van der Waals surface area contributed by atoms with Crippen LogP contribution in [0.2, 0.25) is 0 Å². The van der Waals surface area contributed by atoms with Crippen molar-refractivity contribution in [3.8, 4) is 11.8 Å². The van der Waals surface area contributed by atoms with Gasteiger partial charge in [0.1, 0.15) is 25.0 Å². The number of nitrogens with zero attached hydrogens (tertiary/aromatic N) is 1. The van der Waals surface area contributed by atoms with Gasteiger partial charge in [0.25, 0.3) is 0 Å². The molecule has 3 aromatic rings. The van der Waals surface area contributed by atoms with E-state index in [1.807, 2.05) is 61.5 Å². The number of ether oxygens (including phenoxy) is 2. The van der Waals surface area contributed by atoms with Gasteiger partial charge in [-0.2, -0.15) is 5.26 Å². The Balaban J connectivity index is 1.62. The summed E-state index contributed by atoms with van der Waals surface area (Å²) >= 11 is 1.38. The number of rotatable bonds is 7. The third-order valence-corrected chi connectivity index (χ3v) is 5.06. The highest BCUT2D eigenvalue weighted by Gasteiger charge is 2.14. The predicted octanol–water partition coefficient (Wildman–Crippen LogP) is 5.25. The molecule has 0 heterocycles. The van der Waals surface area contributed by atoms with Gasteiger partial charge in [0, 0.05) is 9.79 Å². The van der Waals surface area contributed by atoms with Crippen LogP contribution < -0.4 is 4.74 Å². The van der Waals surface area contributed by atoms with Crippen molar-refractivity contribution >= 4 is 17.7 Å². The molecule has 0 aliphatic rings. The van der Waals surface area contributed by atoms with Gasteiger partial charge in [-0.1, -0.05) is 48.2 Å². The molecule has 0 radical (unpaired) electrons. The molecule has 0 aliphatic heterocycles. The average molecular weight is 389 g/mol. The standard InChI is InChI=1S/C23H19NO3S/c1-17-7-6-9-19(15-17)26-13-14-27-23(25)20-10-3-5-12-22(20)28-21-11-4-2-8-18(21)16-24/h2-12,15H,13-14H2,1H3. The van der Waals surface area contributed by atoms with Crippen LogP contribution in [0.4, 0.5) is 0 Å². The molecule has 0 amide bonds. The molecule has 0 unspecified atom stereocenters. The Kier molecular flexibility index (Phi) is 6.72. The van der Waals surface area contributed by atoms with Gasteiger partial charge >= 0.3 is 5.97 Å². The van der Waals surface area contributed by atoms with E-state index in [1.54, 1.807) is 18.2 Å². The van der Waals surface area contributed by atoms with E-state index in [4.69, 9.17) is 9.47 Å². The number of esters is 1. The van der Waals surface area contributed by atoms with Crippen LogP contribution in [0.5, 0.6) is 5.75 Å². The Morgan fingerprint density at radius 2 is 1.71 bits per heavy atom. The van der Waals surface area contributed by atoms with Crippen molar-refractivity contribution in [2.45, 2.75) is 16.7 Å². The van der Waals surface area contributed by atoms with Crippen molar-refractivity contribution < 1.29 is 14.3 Å². The maximum Gasteiger partial charge on any atom is 0.339 e. The lowest BCUT2D eigenvalue weighted by Crippen LogP contribution is -2.13. The maximum atomic E-state index is 12.5. The second kappa shape index (κ2) is 9.63. The zero-order chi connectivity index (χ0) is 19.8. The highest BCUT2D eigenvalue weighted by atomic mass is 32.2. The fourth-order valence-corrected chi connectivity index (χ4v) is 3.58. The molecule has 5 heteroatoms. The minimum atomic E-state index is -0.412. The lowest BCUT2D eigenvalue weighted by molar-refractivity contribution is 0.0446. The number of aryl methyl sites for hydroxylation is 1. The summed E-state index contributed by atoms with van der Waals surface area (Å²) in [6, 6.07) is 24.4. The summed E-state index contributed by atoms with van der Waals surface area (Å²) in [5.74, 6) is 0.338. The molecule has 3 aromatic carbocycles. The fourth-order valence-electron chi connectivity index (χ4n) is 2.57. The smallest absolute Gasteiger partial charge is 0.339 e. The molecule has 3 rings (SSSR count). The van der Waals surface area contributed by atoms with Gasteiger partial charge < -0.3 is 9.47 Å². The van der Waals surface area contributed by atoms with Gasteiger partial charge in [-0.25, -0.2) is 4.79 Å². The van der Waals surface area contributed by atoms with E-state index in [0.717, 1.165) is 21.1 Å². The van der Waals surface area contributed by atoms with E-state index < -0.39 is 5.97 Å². The van der Waals surface area contributed by atoms with Crippen molar-refractivity contribution in [3.63, 3.8) is 0 Å². The van der Waals surface area contributed by atoms with Gasteiger partial charge in [0.05, 0.1) is 11.1 Å². The van der Waals surface area contributed by atoms with Gasteiger partial charge in [0.2, 0.25) is 0 Å². The van der Waals surface area contributed by atoms with Crippen LogP contribution in [-0.4, -0.2) is 19.2 Å². The third kappa shape index (κ3) is 5.15. The van der Waals surface area contributed by atoms with Crippen LogP contribution in [0.3, 0.4) is 0 Å². The Labute approximate surface area is 168 Å². The molecule has 0 spiro atoms. The molecule has 0 N–H and O–H groups in total. The first kappa shape index (κ1) is 19.5. The zero-order valence-electron chi connectivity index (χ0n) is 15.4. The summed E-state index contributed by atoms with van der Waals surface area (Å²) in [4.78, 5) is 14.1. The first-order valence-corrected chi connectivity index (χ1v) is 9.61. The molecule has 140 valence electrons. The Morgan fingerprint density at radius 1 is 0.964 bits per heavy atom. The monoisotopic (exact) mass is 389 g/mol. The molecule has 0 fully saturated rings. The summed E-state index contributed by atoms with van der Waals surface area (Å²) < 4.78 is 11.0. The van der Waals surface area contributed by atoms with E-state index >= 15 is 0 Å². The highest BCUT2D eigenvalue weighted by Crippen LogP contribution is 2.32. The molecule has 0 aliphatic carbocycles. The zero-order valence-corrected chi connectivity index (χ0v) is 16.2. The van der Waals surface area contributed by atoms with Crippen molar-refractivity contribution in [3.05, 3.63) is 89.5 Å². The number of carbonyl (C=O) groups is 1. The molecular weight excluding hydrogens is 370 g/mol. The first-order valence-electron chi connectivity index (χ1n) is 8.80. The van der Waals surface area contributed by atoms with Crippen LogP contribution in [0.25, 0.3) is 0 Å². The van der Waals surface area contributed by atoms with Crippen LogP contribution in [0.1, 0.15) is 21.5 Å². The molecule has 0 bridgehead atoms. The molecular formula is C23H19NO3S. The van der Waals surface area contributed by atoms with E-state index in [0.29, 0.717) is 11.1 Å². The number of benzene rings is 3. The van der Waals surface area contributed by atoms with Crippen LogP contribution in [0.15, 0.2) is 82.6 Å². The Hall–Kier alpha value is -3.23. The second-order valence-electron chi connectivity index (χ2n) is 6.01. The molecule has 28 heavy (non-hydrogen) atoms. The molecule has 0 saturated carbocycles. The summed E-state index contributed by atoms with van der Waals surface area (Å²) in [6.45, 7) is 2.42. The van der Waals surface area contributed by atoms with Gasteiger partial charge in [-0.15, -0.1) is 0 Å². The van der Waals surface area contributed by atoms with Gasteiger partial charge in [-0.3, -0.25) is 0 Å². The number of hydrogen-bond acceptors (Lipinski definition) is 5. The SMILES string of the molecule is Cc1cccc(OCCOC(=O)c2ccccc2Sc2ccccc2C#N)c1. The molecule has 0 aromatic heterocycles. The highest BCUT2D eigenvalue weighted by molar-refractivity contribution is 7.99. The van der Waals surface area contributed by atoms with Crippen molar-refractivity contribution in [1.29, 1.82) is 5.26 Å². The lowest BCUT2D eigenvalue weighted by atomic mass is 10.2. The summed E-state index contributed by atoms with van der Waals surface area (Å²) in [5, 5.41) is 9.26. The van der Waals surface area contributed by atoms with Gasteiger partial charge in [-0.05, 0) is 48.9 Å². The van der Waals surface area contributed by atoms with E-state index in [1.165, 1.54) is 11.8 Å². The second-order valence-corrected chi connectivity index (χ2v) is 7.09. The average Bonchev–Trinajstić information content (AvgIpc) is 2.72. The lowest BCUT2D eigenvalue weighted by Gasteiger charge is -2.11. The Bertz CT molecular complexity index is 1010. The minimum absolute atomic E-state index is 0.153. The predicted molar refractivity (Wildman–Crippen MR) is 109 cm³/mol. The quantitative estimate of drug-likeness (QED) is 0.408. The third-order valence-electron chi connectivity index (χ3n) is 3.91. The summed E-state index contributed by atoms with van der Waals surface area (Å²) in [6.07, 6.45) is 0. The van der Waals surface area contributed by atoms with Crippen molar-refractivity contribution in [2.24, 2.45) is 0 Å². The van der Waals surface area contributed by atoms with Crippen LogP contribution >= 0.6 is 11.8 Å². The van der Waals surface area contributed by atoms with E-state index in [2.05, 4.69) is 6.07 Å². The topological polar surface area (TPSA) is 59.3 Å². The normalized spacial score (nSPS) is 10.1. The largest absolute Gasteiger partial charge is 0.490 e. The van der Waals surface area contributed by atoms with Crippen molar-refractivity contribution in [2.75, 3.05) is 13.2 Å². The minimum Gasteiger partial charge on any atom is -0.490 e. The number of hydrogen-bond donors (Lipinski definition) is 0. The molecule has 4 nitrogen and oxygen atoms in total. The van der Waals surface area contributed by atoms with Crippen LogP contribution in [0, 0.1) is 18.3 Å². The summed E-state index contributed by atoms with van der Waals surface area (Å²) in [5.41, 5.74) is 2.15. The van der Waals surface area contributed by atoms with Crippen molar-refractivity contribution in [1.82, 2.24) is 0 Å². The molecule has 0 atom stereocenters. The maximum absolute atomic E-state index is 12.5. The summed E-state index contributed by atoms with van der Waals surface area (Å²) in [7, 11) is 0. The first-order chi connectivity index (χ1) is 13.7.